The van der Waals surface area contributed by atoms with Gasteiger partial charge in [0.1, 0.15) is 0 Å². The van der Waals surface area contributed by atoms with Crippen molar-refractivity contribution in [3.63, 3.8) is 0 Å². The Bertz CT molecular complexity index is 1050. The number of fused-ring (bicyclic) bond motifs is 1. The minimum Gasteiger partial charge on any atom is -0.467 e. The largest absolute Gasteiger partial charge is 0.467 e. The first-order valence-corrected chi connectivity index (χ1v) is 8.27. The van der Waals surface area contributed by atoms with Gasteiger partial charge in [0.15, 0.2) is 6.61 Å². The Morgan fingerprint density at radius 3 is 2.54 bits per heavy atom. The van der Waals surface area contributed by atoms with Crippen molar-refractivity contribution >= 4 is 28.4 Å². The first-order valence-electron chi connectivity index (χ1n) is 8.27. The molecule has 142 valence electrons. The van der Waals surface area contributed by atoms with Crippen LogP contribution in [-0.4, -0.2) is 28.3 Å². The molecule has 2 amide bonds. The third kappa shape index (κ3) is 4.39. The molecule has 2 N–H and O–H groups in total. The molecule has 0 saturated heterocycles. The molecule has 0 saturated carbocycles. The Kier molecular flexibility index (Phi) is 5.45. The highest BCUT2D eigenvalue weighted by molar-refractivity contribution is 5.95. The van der Waals surface area contributed by atoms with Crippen molar-refractivity contribution in [1.29, 1.82) is 0 Å². The van der Waals surface area contributed by atoms with Crippen molar-refractivity contribution in [3.8, 4) is 5.88 Å². The predicted molar refractivity (Wildman–Crippen MR) is 101 cm³/mol. The summed E-state index contributed by atoms with van der Waals surface area (Å²) < 4.78 is 5.39. The molecular formula is C19H16N4O5. The second kappa shape index (κ2) is 8.12. The van der Waals surface area contributed by atoms with E-state index < -0.39 is 16.7 Å². The van der Waals surface area contributed by atoms with Gasteiger partial charge in [0.2, 0.25) is 5.88 Å². The minimum atomic E-state index is -0.608. The number of ether oxygens (including phenoxy) is 1. The maximum absolute atomic E-state index is 11.9. The molecule has 1 heterocycles. The summed E-state index contributed by atoms with van der Waals surface area (Å²) in [6.07, 6.45) is 0. The van der Waals surface area contributed by atoms with Crippen molar-refractivity contribution in [3.05, 3.63) is 75.8 Å². The lowest BCUT2D eigenvalue weighted by Gasteiger charge is -2.10. The lowest BCUT2D eigenvalue weighted by molar-refractivity contribution is -0.384. The topological polar surface area (TPSA) is 123 Å². The van der Waals surface area contributed by atoms with Gasteiger partial charge in [0.05, 0.1) is 10.4 Å². The maximum Gasteiger partial charge on any atom is 0.276 e. The van der Waals surface area contributed by atoms with E-state index in [1.54, 1.807) is 6.07 Å². The van der Waals surface area contributed by atoms with E-state index in [1.165, 1.54) is 24.3 Å². The molecule has 9 heteroatoms. The fourth-order valence-electron chi connectivity index (χ4n) is 2.50. The van der Waals surface area contributed by atoms with Gasteiger partial charge >= 0.3 is 0 Å². The van der Waals surface area contributed by atoms with E-state index in [1.807, 2.05) is 31.2 Å². The number of carbonyl (C=O) groups is 2. The second-order valence-electron chi connectivity index (χ2n) is 5.89. The van der Waals surface area contributed by atoms with Crippen molar-refractivity contribution in [2.75, 3.05) is 6.61 Å². The number of hydrazine groups is 1. The lowest BCUT2D eigenvalue weighted by atomic mass is 10.1. The first kappa shape index (κ1) is 18.8. The monoisotopic (exact) mass is 380 g/mol. The van der Waals surface area contributed by atoms with Gasteiger partial charge in [-0.3, -0.25) is 30.6 Å². The maximum atomic E-state index is 11.9. The van der Waals surface area contributed by atoms with Crippen LogP contribution in [0.3, 0.4) is 0 Å². The van der Waals surface area contributed by atoms with Crippen LogP contribution in [0.25, 0.3) is 10.9 Å². The highest BCUT2D eigenvalue weighted by atomic mass is 16.6. The van der Waals surface area contributed by atoms with Gasteiger partial charge in [0, 0.05) is 29.1 Å². The summed E-state index contributed by atoms with van der Waals surface area (Å²) in [4.78, 5) is 38.2. The number of nitrogens with zero attached hydrogens (tertiary/aromatic N) is 2. The molecule has 0 aliphatic rings. The predicted octanol–water partition coefficient (Wildman–Crippen LogP) is 2.29. The zero-order valence-electron chi connectivity index (χ0n) is 14.8. The lowest BCUT2D eigenvalue weighted by Crippen LogP contribution is -2.43. The third-order valence-corrected chi connectivity index (χ3v) is 3.91. The second-order valence-corrected chi connectivity index (χ2v) is 5.89. The summed E-state index contributed by atoms with van der Waals surface area (Å²) in [7, 11) is 0. The van der Waals surface area contributed by atoms with Crippen molar-refractivity contribution in [2.24, 2.45) is 0 Å². The van der Waals surface area contributed by atoms with Gasteiger partial charge in [-0.2, -0.15) is 0 Å². The minimum absolute atomic E-state index is 0.132. The number of pyridine rings is 1. The fraction of sp³-hybridized carbons (Fsp3) is 0.105. The van der Waals surface area contributed by atoms with Crippen LogP contribution >= 0.6 is 0 Å². The van der Waals surface area contributed by atoms with E-state index >= 15 is 0 Å². The van der Waals surface area contributed by atoms with Crippen molar-refractivity contribution < 1.29 is 19.2 Å². The Hall–Kier alpha value is -4.01. The average molecular weight is 380 g/mol. The molecule has 0 spiro atoms. The standard InChI is InChI=1S/C19H16N4O5/c1-12-10-18(20-16-5-3-2-4-15(12)16)28-11-17(24)21-22-19(25)13-6-8-14(9-7-13)23(26)27/h2-10H,11H2,1H3,(H,21,24)(H,22,25). The van der Waals surface area contributed by atoms with Crippen LogP contribution in [0.1, 0.15) is 15.9 Å². The third-order valence-electron chi connectivity index (χ3n) is 3.91. The van der Waals surface area contributed by atoms with Crippen LogP contribution in [-0.2, 0) is 4.79 Å². The van der Waals surface area contributed by atoms with Crippen LogP contribution in [0.15, 0.2) is 54.6 Å². The van der Waals surface area contributed by atoms with Crippen molar-refractivity contribution in [1.82, 2.24) is 15.8 Å². The highest BCUT2D eigenvalue weighted by Crippen LogP contribution is 2.20. The van der Waals surface area contributed by atoms with E-state index in [9.17, 15) is 19.7 Å². The Morgan fingerprint density at radius 1 is 1.11 bits per heavy atom. The molecule has 3 aromatic rings. The van der Waals surface area contributed by atoms with Crippen LogP contribution in [0.5, 0.6) is 5.88 Å². The van der Waals surface area contributed by atoms with Gasteiger partial charge in [-0.05, 0) is 30.7 Å². The van der Waals surface area contributed by atoms with E-state index in [4.69, 9.17) is 4.74 Å². The number of non-ortho nitro benzene ring substituents is 1. The molecular weight excluding hydrogens is 364 g/mol. The first-order chi connectivity index (χ1) is 13.4. The van der Waals surface area contributed by atoms with Crippen molar-refractivity contribution in [2.45, 2.75) is 6.92 Å². The normalized spacial score (nSPS) is 10.3. The number of carbonyl (C=O) groups excluding carboxylic acids is 2. The highest BCUT2D eigenvalue weighted by Gasteiger charge is 2.11. The quantitative estimate of drug-likeness (QED) is 0.517. The number of aryl methyl sites for hydroxylation is 1. The Labute approximate surface area is 159 Å². The van der Waals surface area contributed by atoms with E-state index in [0.29, 0.717) is 5.88 Å². The van der Waals surface area contributed by atoms with Crippen LogP contribution < -0.4 is 15.6 Å². The molecule has 0 radical (unpaired) electrons. The molecule has 0 atom stereocenters. The van der Waals surface area contributed by atoms with Crippen LogP contribution in [0.4, 0.5) is 5.69 Å². The average Bonchev–Trinajstić information content (AvgIpc) is 2.70. The van der Waals surface area contributed by atoms with Crippen LogP contribution in [0.2, 0.25) is 0 Å². The SMILES string of the molecule is Cc1cc(OCC(=O)NNC(=O)c2ccc([N+](=O)[O-])cc2)nc2ccccc12. The number of hydrogen-bond donors (Lipinski definition) is 2. The molecule has 28 heavy (non-hydrogen) atoms. The molecule has 2 aromatic carbocycles. The van der Waals surface area contributed by atoms with E-state index in [2.05, 4.69) is 15.8 Å². The zero-order valence-corrected chi connectivity index (χ0v) is 14.8. The molecule has 1 aromatic heterocycles. The zero-order chi connectivity index (χ0) is 20.1. The number of amides is 2. The molecule has 0 aliphatic heterocycles. The van der Waals surface area contributed by atoms with Gasteiger partial charge in [-0.1, -0.05) is 18.2 Å². The summed E-state index contributed by atoms with van der Waals surface area (Å²) in [5, 5.41) is 11.6. The number of hydrogen-bond acceptors (Lipinski definition) is 6. The molecule has 3 rings (SSSR count). The summed E-state index contributed by atoms with van der Waals surface area (Å²) in [5.41, 5.74) is 6.18. The number of benzene rings is 2. The molecule has 0 unspecified atom stereocenters. The number of nitro benzene ring substituents is 1. The molecule has 9 nitrogen and oxygen atoms in total. The Balaban J connectivity index is 1.53. The van der Waals surface area contributed by atoms with E-state index in [0.717, 1.165) is 16.5 Å². The number of nitrogens with one attached hydrogen (secondary N) is 2. The summed E-state index contributed by atoms with van der Waals surface area (Å²) in [6, 6.07) is 14.3. The number of aromatic nitrogens is 1. The van der Waals surface area contributed by atoms with Gasteiger partial charge < -0.3 is 4.74 Å². The number of para-hydroxylation sites is 1. The summed E-state index contributed by atoms with van der Waals surface area (Å²) in [6.45, 7) is 1.58. The smallest absolute Gasteiger partial charge is 0.276 e. The molecule has 0 bridgehead atoms. The number of rotatable bonds is 5. The summed E-state index contributed by atoms with van der Waals surface area (Å²) in [5.74, 6) is -0.890. The van der Waals surface area contributed by atoms with Gasteiger partial charge in [0.25, 0.3) is 17.5 Å². The number of nitro groups is 1. The Morgan fingerprint density at radius 2 is 1.82 bits per heavy atom. The van der Waals surface area contributed by atoms with Gasteiger partial charge in [-0.15, -0.1) is 0 Å². The molecule has 0 aliphatic carbocycles. The fourth-order valence-corrected chi connectivity index (χ4v) is 2.50. The van der Waals surface area contributed by atoms with Gasteiger partial charge in [-0.25, -0.2) is 4.98 Å². The summed E-state index contributed by atoms with van der Waals surface area (Å²) >= 11 is 0. The van der Waals surface area contributed by atoms with E-state index in [-0.39, 0.29) is 17.9 Å². The van der Waals surface area contributed by atoms with Crippen LogP contribution in [0, 0.1) is 17.0 Å². The molecule has 0 fully saturated rings.